The lowest BCUT2D eigenvalue weighted by molar-refractivity contribution is -0.386. The lowest BCUT2D eigenvalue weighted by Crippen LogP contribution is -2.32. The van der Waals surface area contributed by atoms with Gasteiger partial charge in [-0.15, -0.1) is 4.68 Å². The molecule has 0 radical (unpaired) electrons. The summed E-state index contributed by atoms with van der Waals surface area (Å²) >= 11 is 0. The van der Waals surface area contributed by atoms with Crippen LogP contribution in [0.15, 0.2) is 51.1 Å². The van der Waals surface area contributed by atoms with Gasteiger partial charge in [0.05, 0.1) is 35.3 Å². The van der Waals surface area contributed by atoms with E-state index >= 15 is 0 Å². The largest absolute Gasteiger partial charge is 0.490 e. The predicted octanol–water partition coefficient (Wildman–Crippen LogP) is 2.21. The van der Waals surface area contributed by atoms with Crippen LogP contribution in [0.3, 0.4) is 0 Å². The molecule has 0 aliphatic heterocycles. The molecule has 1 atom stereocenters. The minimum absolute atomic E-state index is 0.0194. The van der Waals surface area contributed by atoms with Crippen LogP contribution in [0.2, 0.25) is 0 Å². The second kappa shape index (κ2) is 10.4. The monoisotopic (exact) mass is 470 g/mol. The van der Waals surface area contributed by atoms with Crippen molar-refractivity contribution in [2.45, 2.75) is 26.9 Å². The fourth-order valence-electron chi connectivity index (χ4n) is 3.07. The quantitative estimate of drug-likeness (QED) is 0.216. The highest BCUT2D eigenvalue weighted by Crippen LogP contribution is 2.39. The summed E-state index contributed by atoms with van der Waals surface area (Å²) in [4.78, 5) is 50.5. The zero-order valence-electron chi connectivity index (χ0n) is 18.6. The number of benzene rings is 2. The van der Waals surface area contributed by atoms with Gasteiger partial charge < -0.3 is 19.2 Å². The highest BCUT2D eigenvalue weighted by Gasteiger charge is 2.27. The van der Waals surface area contributed by atoms with Gasteiger partial charge in [-0.3, -0.25) is 14.9 Å². The van der Waals surface area contributed by atoms with E-state index < -0.39 is 33.9 Å². The van der Waals surface area contributed by atoms with E-state index in [1.807, 2.05) is 0 Å². The number of rotatable bonds is 9. The number of fused-ring (bicyclic) bond motifs is 1. The molecule has 12 heteroatoms. The van der Waals surface area contributed by atoms with Gasteiger partial charge >= 0.3 is 17.3 Å². The maximum Gasteiger partial charge on any atom is 0.349 e. The molecule has 3 rings (SSSR count). The van der Waals surface area contributed by atoms with Gasteiger partial charge in [0, 0.05) is 11.6 Å². The van der Waals surface area contributed by atoms with Crippen molar-refractivity contribution in [3.05, 3.63) is 72.9 Å². The van der Waals surface area contributed by atoms with Gasteiger partial charge in [0.15, 0.2) is 11.9 Å². The Labute approximate surface area is 192 Å². The summed E-state index contributed by atoms with van der Waals surface area (Å²) in [5.41, 5.74) is -1.41. The molecule has 1 N–H and O–H groups in total. The van der Waals surface area contributed by atoms with Gasteiger partial charge in [0.2, 0.25) is 5.75 Å². The molecule has 12 nitrogen and oxygen atoms in total. The van der Waals surface area contributed by atoms with E-state index in [0.717, 1.165) is 12.3 Å². The third-order valence-electron chi connectivity index (χ3n) is 4.57. The normalized spacial score (nSPS) is 12.0. The molecule has 0 saturated heterocycles. The van der Waals surface area contributed by atoms with Crippen LogP contribution in [0.1, 0.15) is 26.3 Å². The van der Waals surface area contributed by atoms with Gasteiger partial charge in [0.25, 0.3) is 5.56 Å². The molecule has 1 aromatic heterocycles. The first-order valence-corrected chi connectivity index (χ1v) is 10.3. The van der Waals surface area contributed by atoms with Crippen LogP contribution in [-0.4, -0.2) is 46.1 Å². The topological polar surface area (TPSA) is 155 Å². The molecule has 34 heavy (non-hydrogen) atoms. The summed E-state index contributed by atoms with van der Waals surface area (Å²) in [5.74, 6) is -0.973. The van der Waals surface area contributed by atoms with Gasteiger partial charge in [-0.1, -0.05) is 12.1 Å². The first-order chi connectivity index (χ1) is 16.3. The first-order valence-electron chi connectivity index (χ1n) is 10.3. The number of hydrogen-bond donors (Lipinski definition) is 1. The first kappa shape index (κ1) is 24.2. The third kappa shape index (κ3) is 5.11. The average Bonchev–Trinajstić information content (AvgIpc) is 2.80. The zero-order chi connectivity index (χ0) is 24.8. The Kier molecular flexibility index (Phi) is 7.41. The molecule has 0 amide bonds. The molecule has 0 aliphatic carbocycles. The second-order valence-corrected chi connectivity index (χ2v) is 6.91. The number of nitrogens with zero attached hydrogens (tertiary/aromatic N) is 3. The van der Waals surface area contributed by atoms with Crippen LogP contribution in [0.5, 0.6) is 11.5 Å². The molecule has 2 aromatic carbocycles. The Morgan fingerprint density at radius 2 is 1.97 bits per heavy atom. The molecular formula is C22H22N4O8. The van der Waals surface area contributed by atoms with Crippen molar-refractivity contribution in [1.82, 2.24) is 9.66 Å². The number of carbonyl (C=O) groups excluding carboxylic acids is 1. The van der Waals surface area contributed by atoms with E-state index in [1.54, 1.807) is 32.0 Å². The van der Waals surface area contributed by atoms with Gasteiger partial charge in [0.1, 0.15) is 0 Å². The lowest BCUT2D eigenvalue weighted by Gasteiger charge is -2.16. The SMILES string of the molecule is CCOC(=O)[C@H](C)Oc1c(OCC)cc(C=Nn2c(=O)[nH]c3ccccc3c2=O)cc1[N+](=O)[O-]. The lowest BCUT2D eigenvalue weighted by atomic mass is 10.1. The Bertz CT molecular complexity index is 1380. The van der Waals surface area contributed by atoms with Gasteiger partial charge in [-0.2, -0.15) is 5.10 Å². The van der Waals surface area contributed by atoms with E-state index in [0.29, 0.717) is 10.2 Å². The Morgan fingerprint density at radius 1 is 1.24 bits per heavy atom. The van der Waals surface area contributed by atoms with Gasteiger partial charge in [-0.05, 0) is 39.0 Å². The molecule has 0 fully saturated rings. The van der Waals surface area contributed by atoms with Crippen molar-refractivity contribution in [3.63, 3.8) is 0 Å². The smallest absolute Gasteiger partial charge is 0.349 e. The van der Waals surface area contributed by atoms with Crippen molar-refractivity contribution < 1.29 is 23.9 Å². The standard InChI is InChI=1S/C22H22N4O8/c1-4-32-18-11-14(10-17(26(30)31)19(18)34-13(3)21(28)33-5-2)12-23-25-20(27)15-8-6-7-9-16(15)24-22(25)29/h6-13H,4-5H2,1-3H3,(H,24,29)/t13-/m0/s1. The highest BCUT2D eigenvalue weighted by atomic mass is 16.6. The Morgan fingerprint density at radius 3 is 2.65 bits per heavy atom. The summed E-state index contributed by atoms with van der Waals surface area (Å²) in [5, 5.41) is 15.9. The highest BCUT2D eigenvalue weighted by molar-refractivity contribution is 5.84. The summed E-state index contributed by atoms with van der Waals surface area (Å²) in [7, 11) is 0. The van der Waals surface area contributed by atoms with Gasteiger partial charge in [-0.25, -0.2) is 9.59 Å². The minimum Gasteiger partial charge on any atom is -0.490 e. The molecule has 0 saturated carbocycles. The number of para-hydroxylation sites is 1. The van der Waals surface area contributed by atoms with Crippen LogP contribution >= 0.6 is 0 Å². The van der Waals surface area contributed by atoms with Crippen molar-refractivity contribution >= 4 is 28.8 Å². The number of esters is 1. The number of H-pyrrole nitrogens is 1. The molecule has 0 spiro atoms. The summed E-state index contributed by atoms with van der Waals surface area (Å²) < 4.78 is 16.5. The summed E-state index contributed by atoms with van der Waals surface area (Å²) in [6, 6.07) is 8.94. The Balaban J connectivity index is 2.06. The van der Waals surface area contributed by atoms with Crippen molar-refractivity contribution in [3.8, 4) is 11.5 Å². The van der Waals surface area contributed by atoms with Crippen molar-refractivity contribution in [1.29, 1.82) is 0 Å². The van der Waals surface area contributed by atoms with Crippen LogP contribution in [0.4, 0.5) is 5.69 Å². The van der Waals surface area contributed by atoms with Crippen LogP contribution in [0.25, 0.3) is 10.9 Å². The van der Waals surface area contributed by atoms with Crippen molar-refractivity contribution in [2.75, 3.05) is 13.2 Å². The van der Waals surface area contributed by atoms with E-state index in [2.05, 4.69) is 10.1 Å². The zero-order valence-corrected chi connectivity index (χ0v) is 18.6. The van der Waals surface area contributed by atoms with Crippen molar-refractivity contribution in [2.24, 2.45) is 5.10 Å². The maximum absolute atomic E-state index is 12.6. The average molecular weight is 470 g/mol. The number of nitrogens with one attached hydrogen (secondary N) is 1. The second-order valence-electron chi connectivity index (χ2n) is 6.91. The number of hydrogen-bond acceptors (Lipinski definition) is 9. The van der Waals surface area contributed by atoms with E-state index in [9.17, 15) is 24.5 Å². The Hall–Kier alpha value is -4.48. The van der Waals surface area contributed by atoms with Crippen LogP contribution in [0, 0.1) is 10.1 Å². The molecule has 1 heterocycles. The molecule has 0 bridgehead atoms. The van der Waals surface area contributed by atoms with E-state index in [4.69, 9.17) is 14.2 Å². The fourth-order valence-corrected chi connectivity index (χ4v) is 3.07. The number of nitro benzene ring substituents is 1. The fraction of sp³-hybridized carbons (Fsp3) is 0.273. The van der Waals surface area contributed by atoms with Crippen LogP contribution in [-0.2, 0) is 9.53 Å². The van der Waals surface area contributed by atoms with Crippen LogP contribution < -0.4 is 20.7 Å². The predicted molar refractivity (Wildman–Crippen MR) is 123 cm³/mol. The maximum atomic E-state index is 12.6. The van der Waals surface area contributed by atoms with E-state index in [-0.39, 0.29) is 35.7 Å². The molecule has 0 aliphatic rings. The number of ether oxygens (including phenoxy) is 3. The number of aromatic nitrogens is 2. The molecule has 178 valence electrons. The van der Waals surface area contributed by atoms with E-state index in [1.165, 1.54) is 19.1 Å². The molecule has 0 unspecified atom stereocenters. The molecule has 3 aromatic rings. The molecular weight excluding hydrogens is 448 g/mol. The number of aromatic amines is 1. The summed E-state index contributed by atoms with van der Waals surface area (Å²) in [6.07, 6.45) is -0.0217. The number of carbonyl (C=O) groups is 1. The summed E-state index contributed by atoms with van der Waals surface area (Å²) in [6.45, 7) is 4.95. The third-order valence-corrected chi connectivity index (χ3v) is 4.57. The number of nitro groups is 1. The minimum atomic E-state index is -1.13.